The van der Waals surface area contributed by atoms with Crippen LogP contribution in [0.25, 0.3) is 0 Å². The molecular formula is C15H16FNO2S. The summed E-state index contributed by atoms with van der Waals surface area (Å²) < 4.78 is 39.1. The first kappa shape index (κ1) is 14.5. The summed E-state index contributed by atoms with van der Waals surface area (Å²) in [5.74, 6) is -0.397. The van der Waals surface area contributed by atoms with Crippen molar-refractivity contribution < 1.29 is 12.8 Å². The molecule has 0 amide bonds. The molecule has 2 aromatic rings. The van der Waals surface area contributed by atoms with Gasteiger partial charge in [-0.05, 0) is 61.4 Å². The summed E-state index contributed by atoms with van der Waals surface area (Å²) in [5.41, 5.74) is 2.37. The normalized spacial score (nSPS) is 11.4. The quantitative estimate of drug-likeness (QED) is 0.871. The first-order valence-corrected chi connectivity index (χ1v) is 7.58. The van der Waals surface area contributed by atoms with E-state index in [4.69, 9.17) is 0 Å². The van der Waals surface area contributed by atoms with Crippen LogP contribution < -0.4 is 4.31 Å². The Labute approximate surface area is 118 Å². The van der Waals surface area contributed by atoms with Crippen LogP contribution in [0.1, 0.15) is 11.1 Å². The maximum absolute atomic E-state index is 12.9. The Balaban J connectivity index is 2.43. The number of benzene rings is 2. The molecule has 2 aromatic carbocycles. The van der Waals surface area contributed by atoms with Gasteiger partial charge < -0.3 is 0 Å². The Kier molecular flexibility index (Phi) is 3.81. The average Bonchev–Trinajstić information content (AvgIpc) is 2.41. The van der Waals surface area contributed by atoms with Gasteiger partial charge in [0.2, 0.25) is 0 Å². The first-order chi connectivity index (χ1) is 9.32. The van der Waals surface area contributed by atoms with Gasteiger partial charge in [0.1, 0.15) is 5.82 Å². The summed E-state index contributed by atoms with van der Waals surface area (Å²) in [5, 5.41) is 0. The molecule has 0 radical (unpaired) electrons. The van der Waals surface area contributed by atoms with E-state index in [-0.39, 0.29) is 4.90 Å². The number of sulfonamides is 1. The molecule has 0 N–H and O–H groups in total. The average molecular weight is 293 g/mol. The molecule has 5 heteroatoms. The second-order valence-electron chi connectivity index (χ2n) is 4.70. The van der Waals surface area contributed by atoms with E-state index in [1.807, 2.05) is 13.8 Å². The van der Waals surface area contributed by atoms with E-state index < -0.39 is 15.8 Å². The van der Waals surface area contributed by atoms with Crippen LogP contribution in [0.2, 0.25) is 0 Å². The molecule has 0 aliphatic carbocycles. The fourth-order valence-corrected chi connectivity index (χ4v) is 3.10. The van der Waals surface area contributed by atoms with Crippen LogP contribution in [-0.2, 0) is 10.0 Å². The van der Waals surface area contributed by atoms with E-state index in [1.165, 1.54) is 31.3 Å². The lowest BCUT2D eigenvalue weighted by molar-refractivity contribution is 0.594. The number of halogens is 1. The molecule has 0 bridgehead atoms. The van der Waals surface area contributed by atoms with Gasteiger partial charge in [0, 0.05) is 7.05 Å². The highest BCUT2D eigenvalue weighted by Crippen LogP contribution is 2.23. The van der Waals surface area contributed by atoms with Gasteiger partial charge in [0.15, 0.2) is 0 Å². The summed E-state index contributed by atoms with van der Waals surface area (Å²) in [6.07, 6.45) is 0. The fourth-order valence-electron chi connectivity index (χ4n) is 1.82. The van der Waals surface area contributed by atoms with Crippen molar-refractivity contribution in [1.29, 1.82) is 0 Å². The predicted octanol–water partition coefficient (Wildman–Crippen LogP) is 3.27. The molecule has 20 heavy (non-hydrogen) atoms. The Bertz CT molecular complexity index is 724. The second kappa shape index (κ2) is 5.25. The molecule has 0 unspecified atom stereocenters. The molecule has 0 saturated heterocycles. The highest BCUT2D eigenvalue weighted by Gasteiger charge is 2.21. The van der Waals surface area contributed by atoms with E-state index in [0.717, 1.165) is 15.4 Å². The molecule has 0 heterocycles. The number of nitrogens with zero attached hydrogens (tertiary/aromatic N) is 1. The third-order valence-electron chi connectivity index (χ3n) is 3.33. The third-order valence-corrected chi connectivity index (χ3v) is 5.11. The number of aryl methyl sites for hydroxylation is 2. The zero-order valence-corrected chi connectivity index (χ0v) is 12.4. The smallest absolute Gasteiger partial charge is 0.264 e. The van der Waals surface area contributed by atoms with Crippen LogP contribution in [0.4, 0.5) is 10.1 Å². The third kappa shape index (κ3) is 2.67. The van der Waals surface area contributed by atoms with E-state index in [2.05, 4.69) is 0 Å². The Morgan fingerprint density at radius 2 is 1.55 bits per heavy atom. The Morgan fingerprint density at radius 1 is 0.950 bits per heavy atom. The highest BCUT2D eigenvalue weighted by molar-refractivity contribution is 7.92. The lowest BCUT2D eigenvalue weighted by atomic mass is 10.1. The van der Waals surface area contributed by atoms with Crippen molar-refractivity contribution >= 4 is 15.7 Å². The molecule has 0 aliphatic rings. The highest BCUT2D eigenvalue weighted by atomic mass is 32.2. The monoisotopic (exact) mass is 293 g/mol. The number of hydrogen-bond donors (Lipinski definition) is 0. The molecule has 0 spiro atoms. The minimum Gasteiger partial charge on any atom is -0.269 e. The molecule has 0 aromatic heterocycles. The summed E-state index contributed by atoms with van der Waals surface area (Å²) in [6, 6.07) is 10.4. The maximum atomic E-state index is 12.9. The van der Waals surface area contributed by atoms with Gasteiger partial charge in [-0.25, -0.2) is 12.8 Å². The van der Waals surface area contributed by atoms with Gasteiger partial charge in [-0.1, -0.05) is 6.07 Å². The van der Waals surface area contributed by atoms with Gasteiger partial charge in [0.05, 0.1) is 10.6 Å². The predicted molar refractivity (Wildman–Crippen MR) is 77.9 cm³/mol. The fraction of sp³-hybridized carbons (Fsp3) is 0.200. The molecule has 0 atom stereocenters. The van der Waals surface area contributed by atoms with E-state index in [0.29, 0.717) is 5.69 Å². The van der Waals surface area contributed by atoms with Crippen LogP contribution in [0.3, 0.4) is 0 Å². The topological polar surface area (TPSA) is 37.4 Å². The summed E-state index contributed by atoms with van der Waals surface area (Å²) in [4.78, 5) is 0.229. The molecule has 2 rings (SSSR count). The summed E-state index contributed by atoms with van der Waals surface area (Å²) in [7, 11) is -2.18. The molecule has 0 fully saturated rings. The van der Waals surface area contributed by atoms with Crippen LogP contribution in [-0.4, -0.2) is 15.5 Å². The summed E-state index contributed by atoms with van der Waals surface area (Å²) >= 11 is 0. The van der Waals surface area contributed by atoms with Crippen LogP contribution in [0.15, 0.2) is 47.4 Å². The van der Waals surface area contributed by atoms with Crippen LogP contribution in [0, 0.1) is 19.7 Å². The Hall–Kier alpha value is -1.88. The zero-order chi connectivity index (χ0) is 14.9. The van der Waals surface area contributed by atoms with Crippen molar-refractivity contribution in [1.82, 2.24) is 0 Å². The molecule has 3 nitrogen and oxygen atoms in total. The van der Waals surface area contributed by atoms with Crippen molar-refractivity contribution in [2.45, 2.75) is 18.7 Å². The number of anilines is 1. The van der Waals surface area contributed by atoms with Gasteiger partial charge in [-0.3, -0.25) is 4.31 Å². The van der Waals surface area contributed by atoms with Crippen molar-refractivity contribution in [2.75, 3.05) is 11.4 Å². The van der Waals surface area contributed by atoms with E-state index in [1.54, 1.807) is 18.2 Å². The SMILES string of the molecule is Cc1ccc(S(=O)(=O)N(C)c2ccc(F)cc2)cc1C. The largest absolute Gasteiger partial charge is 0.269 e. The van der Waals surface area contributed by atoms with E-state index in [9.17, 15) is 12.8 Å². The van der Waals surface area contributed by atoms with Gasteiger partial charge in [-0.2, -0.15) is 0 Å². The van der Waals surface area contributed by atoms with Crippen molar-refractivity contribution in [3.63, 3.8) is 0 Å². The van der Waals surface area contributed by atoms with Gasteiger partial charge in [-0.15, -0.1) is 0 Å². The zero-order valence-electron chi connectivity index (χ0n) is 11.6. The molecule has 0 aliphatic heterocycles. The van der Waals surface area contributed by atoms with Gasteiger partial charge >= 0.3 is 0 Å². The first-order valence-electron chi connectivity index (χ1n) is 6.14. The standard InChI is InChI=1S/C15H16FNO2S/c1-11-4-9-15(10-12(11)2)20(18,19)17(3)14-7-5-13(16)6-8-14/h4-10H,1-3H3. The number of hydrogen-bond acceptors (Lipinski definition) is 2. The lowest BCUT2D eigenvalue weighted by Gasteiger charge is -2.20. The maximum Gasteiger partial charge on any atom is 0.264 e. The van der Waals surface area contributed by atoms with Crippen molar-refractivity contribution in [2.24, 2.45) is 0 Å². The minimum atomic E-state index is -3.63. The minimum absolute atomic E-state index is 0.229. The lowest BCUT2D eigenvalue weighted by Crippen LogP contribution is -2.26. The number of rotatable bonds is 3. The van der Waals surface area contributed by atoms with Gasteiger partial charge in [0.25, 0.3) is 10.0 Å². The summed E-state index contributed by atoms with van der Waals surface area (Å²) in [6.45, 7) is 3.79. The molecular weight excluding hydrogens is 277 g/mol. The van der Waals surface area contributed by atoms with Crippen LogP contribution >= 0.6 is 0 Å². The van der Waals surface area contributed by atoms with Crippen molar-refractivity contribution in [3.8, 4) is 0 Å². The second-order valence-corrected chi connectivity index (χ2v) is 6.66. The van der Waals surface area contributed by atoms with Crippen molar-refractivity contribution in [3.05, 3.63) is 59.4 Å². The molecule has 0 saturated carbocycles. The molecule has 106 valence electrons. The van der Waals surface area contributed by atoms with E-state index >= 15 is 0 Å². The Morgan fingerprint density at radius 3 is 2.10 bits per heavy atom. The van der Waals surface area contributed by atoms with Crippen LogP contribution in [0.5, 0.6) is 0 Å².